The minimum Gasteiger partial charge on any atom is -0.429 e. The summed E-state index contributed by atoms with van der Waals surface area (Å²) in [5.41, 5.74) is 0. The summed E-state index contributed by atoms with van der Waals surface area (Å²) in [7, 11) is 0.829. The molecule has 2 nitrogen and oxygen atoms in total. The topological polar surface area (TPSA) is 29.5 Å². The van der Waals surface area contributed by atoms with Gasteiger partial charge in [-0.1, -0.05) is 33.3 Å². The molecular weight excluding hydrogens is 187 g/mol. The van der Waals surface area contributed by atoms with Crippen LogP contribution in [-0.2, 0) is 4.65 Å². The number of hydrogen-bond acceptors (Lipinski definition) is 2. The number of allylic oxidation sites excluding steroid dienone is 1. The first-order valence-corrected chi connectivity index (χ1v) is 5.93. The third-order valence-electron chi connectivity index (χ3n) is 2.90. The van der Waals surface area contributed by atoms with Crippen LogP contribution in [0.25, 0.3) is 0 Å². The van der Waals surface area contributed by atoms with E-state index < -0.39 is 0 Å². The molecule has 0 rings (SSSR count). The Morgan fingerprint density at radius 3 is 2.53 bits per heavy atom. The lowest BCUT2D eigenvalue weighted by atomic mass is 9.86. The van der Waals surface area contributed by atoms with Gasteiger partial charge in [-0.25, -0.2) is 0 Å². The Kier molecular flexibility index (Phi) is 8.82. The van der Waals surface area contributed by atoms with Crippen molar-refractivity contribution in [1.29, 1.82) is 0 Å². The van der Waals surface area contributed by atoms with E-state index >= 15 is 0 Å². The molecule has 3 heteroatoms. The van der Waals surface area contributed by atoms with E-state index in [2.05, 4.69) is 27.4 Å². The molecule has 0 spiro atoms. The lowest BCUT2D eigenvalue weighted by molar-refractivity contribution is 0.0995. The van der Waals surface area contributed by atoms with E-state index in [1.54, 1.807) is 0 Å². The normalized spacial score (nSPS) is 16.8. The standard InChI is InChI=1S/C12H24BO2/c1-5-8-11(9-10(4)6-2)12(7-3)15-13-14/h6,10-12,14H,2,5,7-9H2,1,3-4H3. The summed E-state index contributed by atoms with van der Waals surface area (Å²) >= 11 is 0. The van der Waals surface area contributed by atoms with Gasteiger partial charge in [0, 0.05) is 6.10 Å². The van der Waals surface area contributed by atoms with Crippen LogP contribution in [0, 0.1) is 11.8 Å². The van der Waals surface area contributed by atoms with Crippen LogP contribution in [0.4, 0.5) is 0 Å². The Hall–Kier alpha value is -0.275. The number of rotatable bonds is 9. The molecule has 0 heterocycles. The molecule has 15 heavy (non-hydrogen) atoms. The molecule has 0 saturated carbocycles. The lowest BCUT2D eigenvalue weighted by Crippen LogP contribution is -2.26. The summed E-state index contributed by atoms with van der Waals surface area (Å²) in [4.78, 5) is 0. The second-order valence-electron chi connectivity index (χ2n) is 4.19. The molecule has 0 aromatic heterocycles. The Bertz CT molecular complexity index is 162. The van der Waals surface area contributed by atoms with Gasteiger partial charge in [-0.15, -0.1) is 6.58 Å². The summed E-state index contributed by atoms with van der Waals surface area (Å²) in [5, 5.41) is 8.71. The van der Waals surface area contributed by atoms with Crippen LogP contribution in [0.1, 0.15) is 46.5 Å². The molecule has 0 aliphatic heterocycles. The van der Waals surface area contributed by atoms with E-state index in [1.807, 2.05) is 6.08 Å². The minimum atomic E-state index is 0.136. The van der Waals surface area contributed by atoms with Gasteiger partial charge in [0.2, 0.25) is 0 Å². The Morgan fingerprint density at radius 1 is 1.47 bits per heavy atom. The smallest absolute Gasteiger partial charge is 0.429 e. The van der Waals surface area contributed by atoms with Gasteiger partial charge in [-0.05, 0) is 31.1 Å². The Morgan fingerprint density at radius 2 is 2.13 bits per heavy atom. The van der Waals surface area contributed by atoms with Gasteiger partial charge in [0.05, 0.1) is 0 Å². The molecule has 87 valence electrons. The average Bonchev–Trinajstić information content (AvgIpc) is 2.25. The molecule has 3 atom stereocenters. The average molecular weight is 211 g/mol. The molecule has 0 bridgehead atoms. The van der Waals surface area contributed by atoms with Crippen molar-refractivity contribution in [2.75, 3.05) is 0 Å². The first-order chi connectivity index (χ1) is 7.19. The van der Waals surface area contributed by atoms with Crippen LogP contribution < -0.4 is 0 Å². The highest BCUT2D eigenvalue weighted by Crippen LogP contribution is 2.25. The third-order valence-corrected chi connectivity index (χ3v) is 2.90. The summed E-state index contributed by atoms with van der Waals surface area (Å²) < 4.78 is 5.25. The second-order valence-corrected chi connectivity index (χ2v) is 4.19. The summed E-state index contributed by atoms with van der Waals surface area (Å²) in [6.45, 7) is 10.3. The first kappa shape index (κ1) is 14.7. The van der Waals surface area contributed by atoms with Crippen LogP contribution in [0.5, 0.6) is 0 Å². The monoisotopic (exact) mass is 211 g/mol. The third kappa shape index (κ3) is 6.01. The van der Waals surface area contributed by atoms with E-state index in [0.717, 1.165) is 33.4 Å². The molecule has 0 aromatic carbocycles. The van der Waals surface area contributed by atoms with Crippen molar-refractivity contribution in [3.63, 3.8) is 0 Å². The zero-order chi connectivity index (χ0) is 11.7. The van der Waals surface area contributed by atoms with E-state index in [9.17, 15) is 0 Å². The number of hydrogen-bond donors (Lipinski definition) is 1. The second kappa shape index (κ2) is 8.99. The molecule has 0 aromatic rings. The summed E-state index contributed by atoms with van der Waals surface area (Å²) in [6, 6.07) is 0. The van der Waals surface area contributed by atoms with Gasteiger partial charge >= 0.3 is 7.69 Å². The first-order valence-electron chi connectivity index (χ1n) is 5.93. The molecule has 1 N–H and O–H groups in total. The van der Waals surface area contributed by atoms with Crippen LogP contribution in [0.15, 0.2) is 12.7 Å². The zero-order valence-electron chi connectivity index (χ0n) is 10.3. The maximum absolute atomic E-state index is 8.71. The van der Waals surface area contributed by atoms with E-state index in [-0.39, 0.29) is 6.10 Å². The predicted octanol–water partition coefficient (Wildman–Crippen LogP) is 2.94. The SMILES string of the molecule is C=CC(C)CC(CCC)C(CC)O[B]O. The molecule has 0 amide bonds. The molecule has 0 fully saturated rings. The van der Waals surface area contributed by atoms with E-state index in [4.69, 9.17) is 9.68 Å². The van der Waals surface area contributed by atoms with Crippen molar-refractivity contribution in [2.45, 2.75) is 52.6 Å². The van der Waals surface area contributed by atoms with Gasteiger partial charge in [0.1, 0.15) is 0 Å². The maximum atomic E-state index is 8.71. The highest BCUT2D eigenvalue weighted by molar-refractivity contribution is 6.15. The predicted molar refractivity (Wildman–Crippen MR) is 65.5 cm³/mol. The van der Waals surface area contributed by atoms with Crippen molar-refractivity contribution in [1.82, 2.24) is 0 Å². The van der Waals surface area contributed by atoms with Crippen LogP contribution in [-0.4, -0.2) is 18.8 Å². The van der Waals surface area contributed by atoms with Gasteiger partial charge in [-0.2, -0.15) is 0 Å². The fraction of sp³-hybridized carbons (Fsp3) is 0.833. The fourth-order valence-corrected chi connectivity index (χ4v) is 2.02. The van der Waals surface area contributed by atoms with Crippen molar-refractivity contribution in [3.05, 3.63) is 12.7 Å². The van der Waals surface area contributed by atoms with Gasteiger partial charge < -0.3 is 9.68 Å². The quantitative estimate of drug-likeness (QED) is 0.469. The highest BCUT2D eigenvalue weighted by Gasteiger charge is 2.21. The van der Waals surface area contributed by atoms with Crippen molar-refractivity contribution in [3.8, 4) is 0 Å². The zero-order valence-corrected chi connectivity index (χ0v) is 10.3. The maximum Gasteiger partial charge on any atom is 0.485 e. The Balaban J connectivity index is 4.25. The van der Waals surface area contributed by atoms with Crippen molar-refractivity contribution >= 4 is 7.69 Å². The summed E-state index contributed by atoms with van der Waals surface area (Å²) in [5.74, 6) is 1.02. The van der Waals surface area contributed by atoms with E-state index in [0.29, 0.717) is 11.8 Å². The van der Waals surface area contributed by atoms with E-state index in [1.165, 1.54) is 0 Å². The molecule has 3 unspecified atom stereocenters. The van der Waals surface area contributed by atoms with Crippen LogP contribution in [0.2, 0.25) is 0 Å². The van der Waals surface area contributed by atoms with Crippen LogP contribution in [0.3, 0.4) is 0 Å². The molecular formula is C12H24BO2. The molecule has 0 aliphatic carbocycles. The molecule has 0 saturated heterocycles. The fourth-order valence-electron chi connectivity index (χ4n) is 2.02. The van der Waals surface area contributed by atoms with Gasteiger partial charge in [0.15, 0.2) is 0 Å². The lowest BCUT2D eigenvalue weighted by Gasteiger charge is -2.27. The Labute approximate surface area is 95.0 Å². The molecule has 0 aliphatic rings. The van der Waals surface area contributed by atoms with Gasteiger partial charge in [0.25, 0.3) is 0 Å². The van der Waals surface area contributed by atoms with Crippen molar-refractivity contribution in [2.24, 2.45) is 11.8 Å². The van der Waals surface area contributed by atoms with Crippen LogP contribution >= 0.6 is 0 Å². The van der Waals surface area contributed by atoms with Gasteiger partial charge in [-0.3, -0.25) is 0 Å². The largest absolute Gasteiger partial charge is 0.485 e. The highest BCUT2D eigenvalue weighted by atomic mass is 16.5. The molecule has 1 radical (unpaired) electrons. The summed E-state index contributed by atoms with van der Waals surface area (Å²) in [6.07, 6.45) is 6.44. The van der Waals surface area contributed by atoms with Crippen molar-refractivity contribution < 1.29 is 9.68 Å². The minimum absolute atomic E-state index is 0.136.